The van der Waals surface area contributed by atoms with Crippen LogP contribution >= 0.6 is 15.9 Å². The lowest BCUT2D eigenvalue weighted by Gasteiger charge is -2.30. The molecule has 2 heterocycles. The van der Waals surface area contributed by atoms with Crippen molar-refractivity contribution in [2.45, 2.75) is 32.9 Å². The Hall–Kier alpha value is -0.870. The van der Waals surface area contributed by atoms with Crippen LogP contribution in [0.2, 0.25) is 0 Å². The molecule has 0 saturated carbocycles. The van der Waals surface area contributed by atoms with Gasteiger partial charge in [0.1, 0.15) is 0 Å². The zero-order valence-corrected chi connectivity index (χ0v) is 13.6. The minimum atomic E-state index is 0.858. The number of piperidine rings is 1. The maximum atomic E-state index is 4.81. The number of para-hydroxylation sites is 1. The fraction of sp³-hybridized carbons (Fsp3) is 0.562. The summed E-state index contributed by atoms with van der Waals surface area (Å²) in [7, 11) is 0. The van der Waals surface area contributed by atoms with Crippen molar-refractivity contribution in [1.82, 2.24) is 14.7 Å². The van der Waals surface area contributed by atoms with Crippen LogP contribution in [0.3, 0.4) is 0 Å². The second-order valence-electron chi connectivity index (χ2n) is 5.65. The Labute approximate surface area is 129 Å². The molecule has 4 heteroatoms. The summed E-state index contributed by atoms with van der Waals surface area (Å²) in [6.45, 7) is 6.48. The highest BCUT2D eigenvalue weighted by atomic mass is 79.9. The van der Waals surface area contributed by atoms with Gasteiger partial charge in [-0.3, -0.25) is 9.58 Å². The van der Waals surface area contributed by atoms with Gasteiger partial charge in [-0.15, -0.1) is 0 Å². The number of rotatable bonds is 4. The molecule has 1 saturated heterocycles. The molecular formula is C16H22BrN3. The normalized spacial score (nSPS) is 17.9. The monoisotopic (exact) mass is 335 g/mol. The highest BCUT2D eigenvalue weighted by Gasteiger charge is 2.20. The van der Waals surface area contributed by atoms with Crippen LogP contribution in [0, 0.1) is 5.92 Å². The fourth-order valence-corrected chi connectivity index (χ4v) is 3.71. The molecule has 1 aromatic carbocycles. The van der Waals surface area contributed by atoms with E-state index in [2.05, 4.69) is 56.7 Å². The van der Waals surface area contributed by atoms with Gasteiger partial charge >= 0.3 is 0 Å². The van der Waals surface area contributed by atoms with Crippen LogP contribution < -0.4 is 0 Å². The summed E-state index contributed by atoms with van der Waals surface area (Å²) in [4.78, 5) is 2.55. The topological polar surface area (TPSA) is 21.1 Å². The third kappa shape index (κ3) is 2.77. The molecule has 108 valence electrons. The average Bonchev–Trinajstić information content (AvgIpc) is 2.86. The van der Waals surface area contributed by atoms with Crippen molar-refractivity contribution in [3.8, 4) is 0 Å². The van der Waals surface area contributed by atoms with Gasteiger partial charge in [0.15, 0.2) is 0 Å². The van der Waals surface area contributed by atoms with Crippen LogP contribution in [-0.2, 0) is 13.1 Å². The zero-order chi connectivity index (χ0) is 13.9. The summed E-state index contributed by atoms with van der Waals surface area (Å²) in [6, 6.07) is 8.59. The highest BCUT2D eigenvalue weighted by Crippen LogP contribution is 2.23. The first-order valence-corrected chi connectivity index (χ1v) is 8.66. The van der Waals surface area contributed by atoms with E-state index in [1.165, 1.54) is 42.5 Å². The van der Waals surface area contributed by atoms with Gasteiger partial charge in [0.25, 0.3) is 0 Å². The smallest absolute Gasteiger partial charge is 0.0843 e. The van der Waals surface area contributed by atoms with Crippen molar-refractivity contribution in [3.63, 3.8) is 0 Å². The van der Waals surface area contributed by atoms with E-state index < -0.39 is 0 Å². The average molecular weight is 336 g/mol. The van der Waals surface area contributed by atoms with Crippen molar-refractivity contribution in [2.75, 3.05) is 18.4 Å². The number of aryl methyl sites for hydroxylation is 1. The second kappa shape index (κ2) is 6.27. The van der Waals surface area contributed by atoms with E-state index in [9.17, 15) is 0 Å². The second-order valence-corrected chi connectivity index (χ2v) is 6.30. The number of likely N-dealkylation sites (tertiary alicyclic amines) is 1. The molecule has 20 heavy (non-hydrogen) atoms. The molecule has 0 aliphatic carbocycles. The predicted molar refractivity (Wildman–Crippen MR) is 87.2 cm³/mol. The van der Waals surface area contributed by atoms with Crippen LogP contribution in [0.25, 0.3) is 10.9 Å². The molecule has 0 N–H and O–H groups in total. The van der Waals surface area contributed by atoms with Crippen molar-refractivity contribution in [2.24, 2.45) is 5.92 Å². The molecule has 1 aromatic heterocycles. The minimum Gasteiger partial charge on any atom is -0.297 e. The number of halogens is 1. The first kappa shape index (κ1) is 14.1. The van der Waals surface area contributed by atoms with Crippen molar-refractivity contribution >= 4 is 26.8 Å². The molecule has 0 amide bonds. The number of hydrogen-bond donors (Lipinski definition) is 0. The summed E-state index contributed by atoms with van der Waals surface area (Å²) in [5, 5.41) is 7.27. The molecule has 0 bridgehead atoms. The molecule has 2 aromatic rings. The first-order valence-electron chi connectivity index (χ1n) is 7.54. The Morgan fingerprint density at radius 1 is 1.25 bits per heavy atom. The Morgan fingerprint density at radius 3 is 2.70 bits per heavy atom. The van der Waals surface area contributed by atoms with Gasteiger partial charge in [-0.1, -0.05) is 34.1 Å². The third-order valence-electron chi connectivity index (χ3n) is 4.33. The van der Waals surface area contributed by atoms with Crippen molar-refractivity contribution < 1.29 is 0 Å². The molecule has 1 aliphatic heterocycles. The van der Waals surface area contributed by atoms with E-state index >= 15 is 0 Å². The lowest BCUT2D eigenvalue weighted by molar-refractivity contribution is 0.186. The quantitative estimate of drug-likeness (QED) is 0.795. The van der Waals surface area contributed by atoms with Crippen molar-refractivity contribution in [3.05, 3.63) is 30.0 Å². The van der Waals surface area contributed by atoms with Gasteiger partial charge < -0.3 is 0 Å². The van der Waals surface area contributed by atoms with Gasteiger partial charge in [-0.25, -0.2) is 0 Å². The van der Waals surface area contributed by atoms with Crippen LogP contribution in [0.4, 0.5) is 0 Å². The van der Waals surface area contributed by atoms with E-state index in [1.54, 1.807) is 0 Å². The third-order valence-corrected chi connectivity index (χ3v) is 5.25. The molecule has 0 unspecified atom stereocenters. The predicted octanol–water partition coefficient (Wildman–Crippen LogP) is 3.66. The van der Waals surface area contributed by atoms with E-state index in [4.69, 9.17) is 5.10 Å². The Morgan fingerprint density at radius 2 is 2.00 bits per heavy atom. The number of nitrogens with zero attached hydrogens (tertiary/aromatic N) is 3. The summed E-state index contributed by atoms with van der Waals surface area (Å²) in [6.07, 6.45) is 2.61. The summed E-state index contributed by atoms with van der Waals surface area (Å²) in [5.74, 6) is 0.858. The van der Waals surface area contributed by atoms with Crippen LogP contribution in [0.15, 0.2) is 24.3 Å². The molecule has 3 nitrogen and oxygen atoms in total. The SMILES string of the molecule is CCn1nc(CN2CCC(CBr)CC2)c2ccccc21. The lowest BCUT2D eigenvalue weighted by atomic mass is 9.99. The molecule has 0 radical (unpaired) electrons. The van der Waals surface area contributed by atoms with Crippen molar-refractivity contribution in [1.29, 1.82) is 0 Å². The molecule has 3 rings (SSSR count). The van der Waals surface area contributed by atoms with E-state index in [1.807, 2.05) is 0 Å². The van der Waals surface area contributed by atoms with E-state index in [0.29, 0.717) is 0 Å². The molecule has 1 aliphatic rings. The zero-order valence-electron chi connectivity index (χ0n) is 12.1. The number of benzene rings is 1. The van der Waals surface area contributed by atoms with E-state index in [0.717, 1.165) is 24.3 Å². The Kier molecular flexibility index (Phi) is 4.41. The minimum absolute atomic E-state index is 0.858. The molecular weight excluding hydrogens is 314 g/mol. The van der Waals surface area contributed by atoms with Crippen LogP contribution in [-0.4, -0.2) is 33.1 Å². The van der Waals surface area contributed by atoms with Gasteiger partial charge in [0.2, 0.25) is 0 Å². The summed E-state index contributed by atoms with van der Waals surface area (Å²) in [5.41, 5.74) is 2.50. The summed E-state index contributed by atoms with van der Waals surface area (Å²) >= 11 is 3.61. The van der Waals surface area contributed by atoms with E-state index in [-0.39, 0.29) is 0 Å². The maximum absolute atomic E-state index is 4.81. The fourth-order valence-electron chi connectivity index (χ4n) is 3.06. The standard InChI is InChI=1S/C16H22BrN3/c1-2-20-16-6-4-3-5-14(16)15(18-20)12-19-9-7-13(11-17)8-10-19/h3-6,13H,2,7-12H2,1H3. The van der Waals surface area contributed by atoms with Gasteiger partial charge in [0.05, 0.1) is 11.2 Å². The first-order chi connectivity index (χ1) is 9.81. The van der Waals surface area contributed by atoms with Gasteiger partial charge in [-0.05, 0) is 44.8 Å². The summed E-state index contributed by atoms with van der Waals surface area (Å²) < 4.78 is 2.12. The van der Waals surface area contributed by atoms with Gasteiger partial charge in [-0.2, -0.15) is 5.10 Å². The number of aromatic nitrogens is 2. The van der Waals surface area contributed by atoms with Crippen LogP contribution in [0.1, 0.15) is 25.5 Å². The number of hydrogen-bond acceptors (Lipinski definition) is 2. The molecule has 0 spiro atoms. The molecule has 0 atom stereocenters. The number of alkyl halides is 1. The lowest BCUT2D eigenvalue weighted by Crippen LogP contribution is -2.33. The van der Waals surface area contributed by atoms with Crippen LogP contribution in [0.5, 0.6) is 0 Å². The Balaban J connectivity index is 1.78. The maximum Gasteiger partial charge on any atom is 0.0843 e. The molecule has 1 fully saturated rings. The highest BCUT2D eigenvalue weighted by molar-refractivity contribution is 9.09. The number of fused-ring (bicyclic) bond motifs is 1. The Bertz CT molecular complexity index is 570. The van der Waals surface area contributed by atoms with Gasteiger partial charge in [0, 0.05) is 23.8 Å². The largest absolute Gasteiger partial charge is 0.297 e.